The van der Waals surface area contributed by atoms with Gasteiger partial charge in [0.25, 0.3) is 0 Å². The summed E-state index contributed by atoms with van der Waals surface area (Å²) in [5, 5.41) is 0. The van der Waals surface area contributed by atoms with E-state index in [9.17, 15) is 9.59 Å². The molecule has 3 aliphatic heterocycles. The van der Waals surface area contributed by atoms with Gasteiger partial charge in [0.1, 0.15) is 5.54 Å². The van der Waals surface area contributed by atoms with Gasteiger partial charge in [0.05, 0.1) is 19.8 Å². The van der Waals surface area contributed by atoms with Crippen molar-refractivity contribution in [3.05, 3.63) is 35.9 Å². The molecule has 3 saturated heterocycles. The van der Waals surface area contributed by atoms with E-state index in [1.807, 2.05) is 28.0 Å². The zero-order valence-corrected chi connectivity index (χ0v) is 15.9. The average molecular weight is 371 g/mol. The average Bonchev–Trinajstić information content (AvgIpc) is 3.12. The summed E-state index contributed by atoms with van der Waals surface area (Å²) in [5.74, 6) is 0.245. The summed E-state index contributed by atoms with van der Waals surface area (Å²) in [5.41, 5.74) is 0.531. The molecule has 2 amide bonds. The van der Waals surface area contributed by atoms with Crippen molar-refractivity contribution in [2.75, 3.05) is 45.9 Å². The van der Waals surface area contributed by atoms with Crippen LogP contribution in [0.4, 0.5) is 0 Å². The SMILES string of the molecule is O=C(CN1CCOCC1)N1CCCC12CCCN(Cc1ccccc1)C2=O. The van der Waals surface area contributed by atoms with Crippen molar-refractivity contribution in [3.8, 4) is 0 Å². The molecular formula is C21H29N3O3. The third-order valence-corrected chi connectivity index (χ3v) is 6.17. The van der Waals surface area contributed by atoms with Crippen LogP contribution >= 0.6 is 0 Å². The van der Waals surface area contributed by atoms with Crippen molar-refractivity contribution in [2.45, 2.75) is 37.8 Å². The van der Waals surface area contributed by atoms with Gasteiger partial charge in [-0.05, 0) is 31.2 Å². The Morgan fingerprint density at radius 3 is 2.44 bits per heavy atom. The number of carbonyl (C=O) groups excluding carboxylic acids is 2. The molecule has 0 radical (unpaired) electrons. The van der Waals surface area contributed by atoms with Gasteiger partial charge < -0.3 is 14.5 Å². The zero-order valence-electron chi connectivity index (χ0n) is 15.9. The van der Waals surface area contributed by atoms with E-state index in [4.69, 9.17) is 4.74 Å². The molecule has 1 aromatic carbocycles. The van der Waals surface area contributed by atoms with Gasteiger partial charge in [-0.25, -0.2) is 0 Å². The van der Waals surface area contributed by atoms with Gasteiger partial charge in [0, 0.05) is 32.7 Å². The molecule has 0 bridgehead atoms. The molecule has 1 atom stereocenters. The first-order valence-corrected chi connectivity index (χ1v) is 10.1. The highest BCUT2D eigenvalue weighted by atomic mass is 16.5. The maximum absolute atomic E-state index is 13.5. The highest BCUT2D eigenvalue weighted by molar-refractivity contribution is 5.93. The Kier molecular flexibility index (Phi) is 5.45. The highest BCUT2D eigenvalue weighted by Crippen LogP contribution is 2.38. The van der Waals surface area contributed by atoms with Crippen molar-refractivity contribution in [1.82, 2.24) is 14.7 Å². The molecule has 27 heavy (non-hydrogen) atoms. The molecule has 0 N–H and O–H groups in total. The molecule has 0 aromatic heterocycles. The Bertz CT molecular complexity index is 675. The van der Waals surface area contributed by atoms with E-state index in [1.54, 1.807) is 0 Å². The summed E-state index contributed by atoms with van der Waals surface area (Å²) in [6.07, 6.45) is 3.47. The Hall–Kier alpha value is -1.92. The maximum atomic E-state index is 13.5. The van der Waals surface area contributed by atoms with E-state index < -0.39 is 5.54 Å². The number of amides is 2. The van der Waals surface area contributed by atoms with Crippen LogP contribution in [-0.4, -0.2) is 78.0 Å². The van der Waals surface area contributed by atoms with Gasteiger partial charge in [-0.1, -0.05) is 30.3 Å². The van der Waals surface area contributed by atoms with Gasteiger partial charge in [0.2, 0.25) is 11.8 Å². The minimum absolute atomic E-state index is 0.101. The first-order chi connectivity index (χ1) is 13.2. The number of carbonyl (C=O) groups is 2. The van der Waals surface area contributed by atoms with Crippen LogP contribution in [0.15, 0.2) is 30.3 Å². The molecule has 0 saturated carbocycles. The second kappa shape index (κ2) is 7.98. The molecule has 3 heterocycles. The fourth-order valence-corrected chi connectivity index (χ4v) is 4.78. The quantitative estimate of drug-likeness (QED) is 0.805. The van der Waals surface area contributed by atoms with Crippen LogP contribution in [-0.2, 0) is 20.9 Å². The van der Waals surface area contributed by atoms with Crippen LogP contribution in [0.1, 0.15) is 31.2 Å². The van der Waals surface area contributed by atoms with Gasteiger partial charge in [-0.3, -0.25) is 14.5 Å². The lowest BCUT2D eigenvalue weighted by Gasteiger charge is -2.45. The maximum Gasteiger partial charge on any atom is 0.248 e. The summed E-state index contributed by atoms with van der Waals surface area (Å²) in [7, 11) is 0. The van der Waals surface area contributed by atoms with Crippen molar-refractivity contribution in [3.63, 3.8) is 0 Å². The third-order valence-electron chi connectivity index (χ3n) is 6.17. The van der Waals surface area contributed by atoms with Crippen molar-refractivity contribution in [2.24, 2.45) is 0 Å². The number of nitrogens with zero attached hydrogens (tertiary/aromatic N) is 3. The number of likely N-dealkylation sites (tertiary alicyclic amines) is 2. The Labute approximate surface area is 161 Å². The number of benzene rings is 1. The van der Waals surface area contributed by atoms with E-state index >= 15 is 0 Å². The van der Waals surface area contributed by atoms with Gasteiger partial charge in [-0.2, -0.15) is 0 Å². The van der Waals surface area contributed by atoms with E-state index in [2.05, 4.69) is 17.0 Å². The molecule has 6 heteroatoms. The number of morpholine rings is 1. The standard InChI is InChI=1S/C21H29N3O3/c25-19(17-22-12-14-27-15-13-22)24-11-5-9-21(24)8-4-10-23(20(21)26)16-18-6-2-1-3-7-18/h1-3,6-7H,4-5,8-17H2. The lowest BCUT2D eigenvalue weighted by atomic mass is 9.85. The minimum atomic E-state index is -0.615. The summed E-state index contributed by atoms with van der Waals surface area (Å²) < 4.78 is 5.38. The smallest absolute Gasteiger partial charge is 0.248 e. The molecule has 4 rings (SSSR count). The Balaban J connectivity index is 1.47. The number of hydrogen-bond acceptors (Lipinski definition) is 4. The minimum Gasteiger partial charge on any atom is -0.379 e. The predicted molar refractivity (Wildman–Crippen MR) is 102 cm³/mol. The van der Waals surface area contributed by atoms with Crippen LogP contribution < -0.4 is 0 Å². The number of piperidine rings is 1. The molecule has 0 aliphatic carbocycles. The third kappa shape index (κ3) is 3.73. The van der Waals surface area contributed by atoms with E-state index in [0.717, 1.165) is 50.9 Å². The molecule has 1 spiro atoms. The van der Waals surface area contributed by atoms with Crippen LogP contribution in [0.25, 0.3) is 0 Å². The van der Waals surface area contributed by atoms with Crippen LogP contribution in [0.5, 0.6) is 0 Å². The second-order valence-corrected chi connectivity index (χ2v) is 7.88. The van der Waals surface area contributed by atoms with Crippen molar-refractivity contribution >= 4 is 11.8 Å². The zero-order chi connectivity index (χ0) is 18.7. The van der Waals surface area contributed by atoms with Crippen LogP contribution in [0, 0.1) is 0 Å². The Morgan fingerprint density at radius 1 is 1.00 bits per heavy atom. The fraction of sp³-hybridized carbons (Fsp3) is 0.619. The van der Waals surface area contributed by atoms with Gasteiger partial charge >= 0.3 is 0 Å². The number of hydrogen-bond donors (Lipinski definition) is 0. The van der Waals surface area contributed by atoms with Crippen molar-refractivity contribution in [1.29, 1.82) is 0 Å². The van der Waals surface area contributed by atoms with E-state index in [0.29, 0.717) is 32.8 Å². The predicted octanol–water partition coefficient (Wildman–Crippen LogP) is 1.50. The van der Waals surface area contributed by atoms with Crippen LogP contribution in [0.2, 0.25) is 0 Å². The summed E-state index contributed by atoms with van der Waals surface area (Å²) in [4.78, 5) is 32.5. The summed E-state index contributed by atoms with van der Waals surface area (Å²) in [6.45, 7) is 5.46. The largest absolute Gasteiger partial charge is 0.379 e. The van der Waals surface area contributed by atoms with E-state index in [1.165, 1.54) is 0 Å². The number of ether oxygens (including phenoxy) is 1. The first-order valence-electron chi connectivity index (χ1n) is 10.1. The lowest BCUT2D eigenvalue weighted by Crippen LogP contribution is -2.62. The molecular weight excluding hydrogens is 342 g/mol. The lowest BCUT2D eigenvalue weighted by molar-refractivity contribution is -0.156. The van der Waals surface area contributed by atoms with Crippen molar-refractivity contribution < 1.29 is 14.3 Å². The summed E-state index contributed by atoms with van der Waals surface area (Å²) in [6, 6.07) is 10.1. The number of rotatable bonds is 4. The fourth-order valence-electron chi connectivity index (χ4n) is 4.78. The molecule has 1 aromatic rings. The molecule has 6 nitrogen and oxygen atoms in total. The van der Waals surface area contributed by atoms with E-state index in [-0.39, 0.29) is 11.8 Å². The van der Waals surface area contributed by atoms with Gasteiger partial charge in [0.15, 0.2) is 0 Å². The van der Waals surface area contributed by atoms with Gasteiger partial charge in [-0.15, -0.1) is 0 Å². The topological polar surface area (TPSA) is 53.1 Å². The monoisotopic (exact) mass is 371 g/mol. The Morgan fingerprint density at radius 2 is 1.70 bits per heavy atom. The molecule has 3 aliphatic rings. The summed E-state index contributed by atoms with van der Waals surface area (Å²) >= 11 is 0. The highest BCUT2D eigenvalue weighted by Gasteiger charge is 2.52. The molecule has 146 valence electrons. The molecule has 1 unspecified atom stereocenters. The first kappa shape index (κ1) is 18.4. The second-order valence-electron chi connectivity index (χ2n) is 7.88. The molecule has 3 fully saturated rings. The van der Waals surface area contributed by atoms with Crippen LogP contribution in [0.3, 0.4) is 0 Å². The normalized spacial score (nSPS) is 26.7.